The van der Waals surface area contributed by atoms with E-state index in [0.29, 0.717) is 40.0 Å². The largest absolute Gasteiger partial charge is 0.433 e. The normalized spacial score (nSPS) is 11.4. The summed E-state index contributed by atoms with van der Waals surface area (Å²) in [7, 11) is 0. The molecule has 0 spiro atoms. The van der Waals surface area contributed by atoms with E-state index < -0.39 is 23.6 Å². The van der Waals surface area contributed by atoms with Gasteiger partial charge in [-0.05, 0) is 42.5 Å². The van der Waals surface area contributed by atoms with Crippen LogP contribution in [0.1, 0.15) is 16.1 Å². The standard InChI is InChI=1S/C23H14F4N8O/c24-15-4-3-13(9-16(15)35-22(36)12-5-7-28-17(8-12)23(25,26)27)34-20-14(2-1-6-29-20)18-19-21(32-10-30-18)33-11-31-19/h1-11H,(H,29,34)(H,35,36)(H,30,31,32,33). The number of fused-ring (bicyclic) bond motifs is 1. The fraction of sp³-hybridized carbons (Fsp3) is 0.0435. The summed E-state index contributed by atoms with van der Waals surface area (Å²) in [6, 6.07) is 8.99. The number of amides is 1. The van der Waals surface area contributed by atoms with Gasteiger partial charge in [-0.3, -0.25) is 9.78 Å². The number of carbonyl (C=O) groups excluding carboxylic acids is 1. The van der Waals surface area contributed by atoms with E-state index in [0.717, 1.165) is 18.3 Å². The maximum atomic E-state index is 14.5. The van der Waals surface area contributed by atoms with Gasteiger partial charge in [0.25, 0.3) is 5.91 Å². The van der Waals surface area contributed by atoms with E-state index in [-0.39, 0.29) is 11.3 Å². The van der Waals surface area contributed by atoms with Gasteiger partial charge < -0.3 is 15.6 Å². The van der Waals surface area contributed by atoms with Crippen molar-refractivity contribution < 1.29 is 22.4 Å². The van der Waals surface area contributed by atoms with Crippen LogP contribution >= 0.6 is 0 Å². The van der Waals surface area contributed by atoms with Crippen molar-refractivity contribution in [1.82, 2.24) is 29.9 Å². The lowest BCUT2D eigenvalue weighted by atomic mass is 10.1. The second kappa shape index (κ2) is 9.02. The van der Waals surface area contributed by atoms with Crippen molar-refractivity contribution in [2.45, 2.75) is 6.18 Å². The molecular formula is C23H14F4N8O. The van der Waals surface area contributed by atoms with E-state index in [1.54, 1.807) is 18.3 Å². The maximum absolute atomic E-state index is 14.5. The molecule has 0 saturated heterocycles. The first-order valence-corrected chi connectivity index (χ1v) is 10.3. The number of H-pyrrole nitrogens is 1. The van der Waals surface area contributed by atoms with E-state index in [1.165, 1.54) is 24.8 Å². The lowest BCUT2D eigenvalue weighted by Crippen LogP contribution is -2.16. The van der Waals surface area contributed by atoms with Gasteiger partial charge in [0.2, 0.25) is 0 Å². The molecule has 0 aliphatic heterocycles. The number of imidazole rings is 1. The highest BCUT2D eigenvalue weighted by Gasteiger charge is 2.33. The second-order valence-corrected chi connectivity index (χ2v) is 7.42. The van der Waals surface area contributed by atoms with E-state index in [2.05, 4.69) is 40.5 Å². The summed E-state index contributed by atoms with van der Waals surface area (Å²) in [5.74, 6) is -1.34. The third kappa shape index (κ3) is 4.53. The summed E-state index contributed by atoms with van der Waals surface area (Å²) in [5.41, 5.74) is 0.738. The number of pyridine rings is 2. The molecule has 36 heavy (non-hydrogen) atoms. The first-order chi connectivity index (χ1) is 17.3. The van der Waals surface area contributed by atoms with Gasteiger partial charge in [0.15, 0.2) is 5.65 Å². The lowest BCUT2D eigenvalue weighted by Gasteiger charge is -2.13. The summed E-state index contributed by atoms with van der Waals surface area (Å²) in [6.45, 7) is 0. The Morgan fingerprint density at radius 2 is 1.81 bits per heavy atom. The highest BCUT2D eigenvalue weighted by atomic mass is 19.4. The number of rotatable bonds is 5. The molecule has 0 unspecified atom stereocenters. The Hall–Kier alpha value is -4.94. The molecule has 3 N–H and O–H groups in total. The molecular weight excluding hydrogens is 480 g/mol. The quantitative estimate of drug-likeness (QED) is 0.295. The smallest absolute Gasteiger partial charge is 0.341 e. The van der Waals surface area contributed by atoms with Gasteiger partial charge in [-0.25, -0.2) is 24.3 Å². The Morgan fingerprint density at radius 1 is 0.944 bits per heavy atom. The Kier molecular flexibility index (Phi) is 5.72. The zero-order valence-corrected chi connectivity index (χ0v) is 18.0. The number of halogens is 4. The van der Waals surface area contributed by atoms with Gasteiger partial charge in [0, 0.05) is 29.2 Å². The van der Waals surface area contributed by atoms with Crippen molar-refractivity contribution in [3.05, 3.63) is 84.6 Å². The van der Waals surface area contributed by atoms with Crippen molar-refractivity contribution in [1.29, 1.82) is 0 Å². The Labute approximate surface area is 199 Å². The van der Waals surface area contributed by atoms with Gasteiger partial charge in [0.05, 0.1) is 12.0 Å². The lowest BCUT2D eigenvalue weighted by molar-refractivity contribution is -0.141. The van der Waals surface area contributed by atoms with Crippen molar-refractivity contribution in [3.63, 3.8) is 0 Å². The predicted molar refractivity (Wildman–Crippen MR) is 122 cm³/mol. The average molecular weight is 494 g/mol. The van der Waals surface area contributed by atoms with Gasteiger partial charge in [-0.2, -0.15) is 13.2 Å². The number of aromatic nitrogens is 6. The Morgan fingerprint density at radius 3 is 2.64 bits per heavy atom. The molecule has 4 heterocycles. The summed E-state index contributed by atoms with van der Waals surface area (Å²) < 4.78 is 53.2. The van der Waals surface area contributed by atoms with Crippen LogP contribution in [-0.2, 0) is 6.18 Å². The van der Waals surface area contributed by atoms with Crippen LogP contribution in [-0.4, -0.2) is 35.8 Å². The van der Waals surface area contributed by atoms with Gasteiger partial charge in [-0.1, -0.05) is 0 Å². The molecule has 5 aromatic rings. The van der Waals surface area contributed by atoms with Crippen molar-refractivity contribution >= 4 is 34.3 Å². The topological polar surface area (TPSA) is 121 Å². The summed E-state index contributed by atoms with van der Waals surface area (Å²) in [4.78, 5) is 35.6. The molecule has 0 aliphatic rings. The predicted octanol–water partition coefficient (Wildman–Crippen LogP) is 4.96. The number of nitrogens with one attached hydrogen (secondary N) is 3. The molecule has 0 atom stereocenters. The first kappa shape index (κ1) is 22.8. The number of anilines is 3. The van der Waals surface area contributed by atoms with E-state index in [1.807, 2.05) is 0 Å². The summed E-state index contributed by atoms with van der Waals surface area (Å²) in [5, 5.41) is 5.35. The molecule has 0 saturated carbocycles. The van der Waals surface area contributed by atoms with Crippen LogP contribution in [0.4, 0.5) is 34.8 Å². The molecule has 180 valence electrons. The van der Waals surface area contributed by atoms with Crippen molar-refractivity contribution in [2.75, 3.05) is 10.6 Å². The van der Waals surface area contributed by atoms with E-state index in [4.69, 9.17) is 0 Å². The third-order valence-electron chi connectivity index (χ3n) is 5.08. The molecule has 13 heteroatoms. The molecule has 1 aromatic carbocycles. The second-order valence-electron chi connectivity index (χ2n) is 7.42. The van der Waals surface area contributed by atoms with Crippen molar-refractivity contribution in [3.8, 4) is 11.3 Å². The van der Waals surface area contributed by atoms with E-state index in [9.17, 15) is 22.4 Å². The monoisotopic (exact) mass is 494 g/mol. The van der Waals surface area contributed by atoms with Crippen LogP contribution < -0.4 is 10.6 Å². The fourth-order valence-corrected chi connectivity index (χ4v) is 3.42. The number of carbonyl (C=O) groups is 1. The third-order valence-corrected chi connectivity index (χ3v) is 5.08. The molecule has 0 fully saturated rings. The zero-order chi connectivity index (χ0) is 25.3. The average Bonchev–Trinajstić information content (AvgIpc) is 3.35. The number of alkyl halides is 3. The van der Waals surface area contributed by atoms with Gasteiger partial charge in [0.1, 0.15) is 34.9 Å². The molecule has 0 bridgehead atoms. The number of hydrogen-bond acceptors (Lipinski definition) is 7. The van der Waals surface area contributed by atoms with E-state index >= 15 is 0 Å². The van der Waals surface area contributed by atoms with Crippen LogP contribution in [0.5, 0.6) is 0 Å². The summed E-state index contributed by atoms with van der Waals surface area (Å²) in [6.07, 6.45) is 0.534. The van der Waals surface area contributed by atoms with Crippen LogP contribution in [0.25, 0.3) is 22.4 Å². The minimum atomic E-state index is -4.72. The number of benzene rings is 1. The molecule has 1 amide bonds. The number of aromatic amines is 1. The number of hydrogen-bond donors (Lipinski definition) is 3. The Bertz CT molecular complexity index is 1580. The highest BCUT2D eigenvalue weighted by molar-refractivity contribution is 6.04. The summed E-state index contributed by atoms with van der Waals surface area (Å²) >= 11 is 0. The minimum absolute atomic E-state index is 0.245. The minimum Gasteiger partial charge on any atom is -0.341 e. The molecule has 9 nitrogen and oxygen atoms in total. The maximum Gasteiger partial charge on any atom is 0.433 e. The first-order valence-electron chi connectivity index (χ1n) is 10.3. The van der Waals surface area contributed by atoms with Gasteiger partial charge >= 0.3 is 6.18 Å². The Balaban J connectivity index is 1.43. The fourth-order valence-electron chi connectivity index (χ4n) is 3.42. The SMILES string of the molecule is O=C(Nc1cc(Nc2ncccc2-c2ncnc3nc[nH]c23)ccc1F)c1ccnc(C(F)(F)F)c1. The molecule has 4 aromatic heterocycles. The zero-order valence-electron chi connectivity index (χ0n) is 18.0. The molecule has 0 radical (unpaired) electrons. The van der Waals surface area contributed by atoms with Gasteiger partial charge in [-0.15, -0.1) is 0 Å². The van der Waals surface area contributed by atoms with Crippen LogP contribution in [0.3, 0.4) is 0 Å². The highest BCUT2D eigenvalue weighted by Crippen LogP contribution is 2.32. The van der Waals surface area contributed by atoms with Crippen LogP contribution in [0, 0.1) is 5.82 Å². The molecule has 5 rings (SSSR count). The number of nitrogens with zero attached hydrogens (tertiary/aromatic N) is 5. The van der Waals surface area contributed by atoms with Crippen molar-refractivity contribution in [2.24, 2.45) is 0 Å². The molecule has 0 aliphatic carbocycles. The van der Waals surface area contributed by atoms with Crippen LogP contribution in [0.2, 0.25) is 0 Å². The van der Waals surface area contributed by atoms with Crippen LogP contribution in [0.15, 0.2) is 67.5 Å².